The van der Waals surface area contributed by atoms with Gasteiger partial charge in [-0.15, -0.1) is 34.2 Å². The molecule has 180 valence electrons. The quantitative estimate of drug-likeness (QED) is 0.219. The summed E-state index contributed by atoms with van der Waals surface area (Å²) in [5.41, 5.74) is -0.0665. The zero-order valence-corrected chi connectivity index (χ0v) is 22.2. The van der Waals surface area contributed by atoms with Gasteiger partial charge < -0.3 is 24.4 Å². The SMILES string of the molecule is Cc1nnc(CN=C(NCCCN2CCOCC2)NCc2ncc(C(C)(C)C)o2)n1C.I. The van der Waals surface area contributed by atoms with Crippen LogP contribution in [0.2, 0.25) is 0 Å². The van der Waals surface area contributed by atoms with Crippen LogP contribution in [0.3, 0.4) is 0 Å². The lowest BCUT2D eigenvalue weighted by molar-refractivity contribution is 0.0376. The van der Waals surface area contributed by atoms with Crippen LogP contribution in [0.4, 0.5) is 0 Å². The Morgan fingerprint density at radius 1 is 1.19 bits per heavy atom. The Balaban J connectivity index is 0.00000363. The summed E-state index contributed by atoms with van der Waals surface area (Å²) < 4.78 is 13.2. The van der Waals surface area contributed by atoms with E-state index < -0.39 is 0 Å². The summed E-state index contributed by atoms with van der Waals surface area (Å²) in [5.74, 6) is 3.90. The summed E-state index contributed by atoms with van der Waals surface area (Å²) in [4.78, 5) is 11.5. The maximum Gasteiger partial charge on any atom is 0.213 e. The molecule has 3 heterocycles. The van der Waals surface area contributed by atoms with Crippen LogP contribution in [0.25, 0.3) is 0 Å². The summed E-state index contributed by atoms with van der Waals surface area (Å²) in [7, 11) is 1.95. The van der Waals surface area contributed by atoms with Gasteiger partial charge in [-0.25, -0.2) is 9.98 Å². The molecule has 1 saturated heterocycles. The molecule has 0 saturated carbocycles. The van der Waals surface area contributed by atoms with Gasteiger partial charge in [0.1, 0.15) is 18.1 Å². The van der Waals surface area contributed by atoms with E-state index in [1.54, 1.807) is 6.20 Å². The molecule has 2 aromatic heterocycles. The number of ether oxygens (including phenoxy) is 1. The molecule has 11 heteroatoms. The fourth-order valence-electron chi connectivity index (χ4n) is 3.15. The largest absolute Gasteiger partial charge is 0.443 e. The van der Waals surface area contributed by atoms with Crippen molar-refractivity contribution >= 4 is 29.9 Å². The van der Waals surface area contributed by atoms with E-state index in [9.17, 15) is 0 Å². The Morgan fingerprint density at radius 3 is 2.56 bits per heavy atom. The van der Waals surface area contributed by atoms with Crippen molar-refractivity contribution in [3.05, 3.63) is 29.5 Å². The third kappa shape index (κ3) is 8.00. The third-order valence-corrected chi connectivity index (χ3v) is 5.31. The molecule has 1 fully saturated rings. The molecule has 1 aliphatic heterocycles. The lowest BCUT2D eigenvalue weighted by Gasteiger charge is -2.26. The van der Waals surface area contributed by atoms with E-state index in [1.807, 2.05) is 18.5 Å². The average molecular weight is 560 g/mol. The van der Waals surface area contributed by atoms with Gasteiger partial charge in [0.15, 0.2) is 11.8 Å². The zero-order chi connectivity index (χ0) is 22.3. The molecule has 3 rings (SSSR count). The van der Waals surface area contributed by atoms with Crippen molar-refractivity contribution in [2.45, 2.75) is 52.6 Å². The summed E-state index contributed by atoms with van der Waals surface area (Å²) in [6.07, 6.45) is 2.82. The number of aliphatic imine (C=N–C) groups is 1. The van der Waals surface area contributed by atoms with Gasteiger partial charge in [-0.05, 0) is 19.9 Å². The fourth-order valence-corrected chi connectivity index (χ4v) is 3.15. The molecule has 0 aliphatic carbocycles. The van der Waals surface area contributed by atoms with E-state index >= 15 is 0 Å². The highest BCUT2D eigenvalue weighted by Gasteiger charge is 2.19. The minimum atomic E-state index is -0.0665. The topological polar surface area (TPSA) is 106 Å². The molecular weight excluding hydrogens is 523 g/mol. The standard InChI is InChI=1S/C21H36N8O2.HI/c1-16-26-27-18(28(16)5)14-24-20(22-7-6-8-29-9-11-30-12-10-29)25-15-19-23-13-17(31-19)21(2,3)4;/h13H,6-12,14-15H2,1-5H3,(H2,22,24,25);1H. The predicted molar refractivity (Wildman–Crippen MR) is 134 cm³/mol. The number of hydrogen-bond donors (Lipinski definition) is 2. The van der Waals surface area contributed by atoms with E-state index in [4.69, 9.17) is 14.1 Å². The number of aromatic nitrogens is 4. The second kappa shape index (κ2) is 12.5. The van der Waals surface area contributed by atoms with E-state index in [-0.39, 0.29) is 29.4 Å². The first kappa shape index (κ1) is 26.5. The van der Waals surface area contributed by atoms with Crippen LogP contribution in [0, 0.1) is 6.92 Å². The van der Waals surface area contributed by atoms with E-state index in [0.717, 1.165) is 63.2 Å². The lowest BCUT2D eigenvalue weighted by Crippen LogP contribution is -2.40. The molecule has 0 atom stereocenters. The number of rotatable bonds is 8. The van der Waals surface area contributed by atoms with Crippen molar-refractivity contribution in [3.8, 4) is 0 Å². The normalized spacial score (nSPS) is 15.5. The van der Waals surface area contributed by atoms with Gasteiger partial charge in [-0.1, -0.05) is 20.8 Å². The highest BCUT2D eigenvalue weighted by molar-refractivity contribution is 14.0. The number of hydrogen-bond acceptors (Lipinski definition) is 7. The number of morpholine rings is 1. The van der Waals surface area contributed by atoms with Crippen LogP contribution >= 0.6 is 24.0 Å². The van der Waals surface area contributed by atoms with Crippen LogP contribution in [0.1, 0.15) is 50.5 Å². The Hall–Kier alpha value is -1.73. The third-order valence-electron chi connectivity index (χ3n) is 5.31. The van der Waals surface area contributed by atoms with E-state index in [2.05, 4.69) is 51.5 Å². The molecule has 0 unspecified atom stereocenters. The van der Waals surface area contributed by atoms with Gasteiger partial charge in [0.25, 0.3) is 0 Å². The molecule has 0 radical (unpaired) electrons. The van der Waals surface area contributed by atoms with Crippen molar-refractivity contribution in [2.75, 3.05) is 39.4 Å². The highest BCUT2D eigenvalue weighted by atomic mass is 127. The number of aryl methyl sites for hydroxylation is 1. The molecule has 0 spiro atoms. The second-order valence-corrected chi connectivity index (χ2v) is 8.84. The van der Waals surface area contributed by atoms with Crippen molar-refractivity contribution in [3.63, 3.8) is 0 Å². The second-order valence-electron chi connectivity index (χ2n) is 8.84. The number of halogens is 1. The predicted octanol–water partition coefficient (Wildman–Crippen LogP) is 1.98. The minimum absolute atomic E-state index is 0. The van der Waals surface area contributed by atoms with Crippen molar-refractivity contribution < 1.29 is 9.15 Å². The molecule has 0 amide bonds. The number of oxazole rings is 1. The number of nitrogens with one attached hydrogen (secondary N) is 2. The first-order chi connectivity index (χ1) is 14.8. The molecule has 2 N–H and O–H groups in total. The Morgan fingerprint density at radius 2 is 1.94 bits per heavy atom. The van der Waals surface area contributed by atoms with Gasteiger partial charge in [-0.3, -0.25) is 4.90 Å². The molecule has 32 heavy (non-hydrogen) atoms. The van der Waals surface area contributed by atoms with Gasteiger partial charge >= 0.3 is 0 Å². The fraction of sp³-hybridized carbons (Fsp3) is 0.714. The maximum atomic E-state index is 5.89. The van der Waals surface area contributed by atoms with Gasteiger partial charge in [-0.2, -0.15) is 0 Å². The number of nitrogens with zero attached hydrogens (tertiary/aromatic N) is 6. The summed E-state index contributed by atoms with van der Waals surface area (Å²) in [6.45, 7) is 14.7. The molecule has 10 nitrogen and oxygen atoms in total. The first-order valence-corrected chi connectivity index (χ1v) is 11.0. The van der Waals surface area contributed by atoms with Crippen molar-refractivity contribution in [1.82, 2.24) is 35.3 Å². The maximum absolute atomic E-state index is 5.89. The molecule has 2 aromatic rings. The monoisotopic (exact) mass is 560 g/mol. The Bertz CT molecular complexity index is 852. The van der Waals surface area contributed by atoms with Crippen LogP contribution in [-0.2, 0) is 30.3 Å². The zero-order valence-electron chi connectivity index (χ0n) is 19.8. The van der Waals surface area contributed by atoms with E-state index in [1.165, 1.54) is 0 Å². The summed E-state index contributed by atoms with van der Waals surface area (Å²) >= 11 is 0. The van der Waals surface area contributed by atoms with Crippen LogP contribution < -0.4 is 10.6 Å². The molecular formula is C21H37IN8O2. The summed E-state index contributed by atoms with van der Waals surface area (Å²) in [5, 5.41) is 15.0. The smallest absolute Gasteiger partial charge is 0.213 e. The van der Waals surface area contributed by atoms with Crippen LogP contribution in [0.15, 0.2) is 15.6 Å². The van der Waals surface area contributed by atoms with Gasteiger partial charge in [0.2, 0.25) is 5.89 Å². The van der Waals surface area contributed by atoms with Gasteiger partial charge in [0.05, 0.1) is 26.0 Å². The van der Waals surface area contributed by atoms with Crippen molar-refractivity contribution in [2.24, 2.45) is 12.0 Å². The van der Waals surface area contributed by atoms with Crippen molar-refractivity contribution in [1.29, 1.82) is 0 Å². The molecule has 1 aliphatic rings. The van der Waals surface area contributed by atoms with Gasteiger partial charge in [0, 0.05) is 32.1 Å². The minimum Gasteiger partial charge on any atom is -0.443 e. The average Bonchev–Trinajstić information content (AvgIpc) is 3.35. The highest BCUT2D eigenvalue weighted by Crippen LogP contribution is 2.22. The molecule has 0 aromatic carbocycles. The van der Waals surface area contributed by atoms with E-state index in [0.29, 0.717) is 24.9 Å². The Kier molecular flexibility index (Phi) is 10.4. The number of guanidine groups is 1. The Labute approximate surface area is 207 Å². The van der Waals surface area contributed by atoms with Crippen LogP contribution in [0.5, 0.6) is 0 Å². The van der Waals surface area contributed by atoms with Crippen LogP contribution in [-0.4, -0.2) is 70.0 Å². The molecule has 0 bridgehead atoms. The lowest BCUT2D eigenvalue weighted by atomic mass is 9.94. The summed E-state index contributed by atoms with van der Waals surface area (Å²) in [6, 6.07) is 0. The first-order valence-electron chi connectivity index (χ1n) is 11.0.